The number of hydrogen-bond acceptors (Lipinski definition) is 8. The Hall–Kier alpha value is -3.69. The summed E-state index contributed by atoms with van der Waals surface area (Å²) in [6.07, 6.45) is 8.28. The molecule has 47 heavy (non-hydrogen) atoms. The van der Waals surface area contributed by atoms with Gasteiger partial charge in [0.05, 0.1) is 17.3 Å². The van der Waals surface area contributed by atoms with E-state index in [9.17, 15) is 29.7 Å². The Kier molecular flexibility index (Phi) is 7.72. The lowest BCUT2D eigenvalue weighted by Gasteiger charge is -2.56. The zero-order valence-corrected chi connectivity index (χ0v) is 28.6. The van der Waals surface area contributed by atoms with Gasteiger partial charge in [-0.3, -0.25) is 9.59 Å². The third-order valence-corrected chi connectivity index (χ3v) is 10.9. The van der Waals surface area contributed by atoms with Crippen LogP contribution in [0.4, 0.5) is 0 Å². The van der Waals surface area contributed by atoms with Crippen molar-refractivity contribution < 1.29 is 43.9 Å². The van der Waals surface area contributed by atoms with Crippen molar-refractivity contribution in [3.05, 3.63) is 63.3 Å². The Balaban J connectivity index is 1.60. The highest BCUT2D eigenvalue weighted by molar-refractivity contribution is 6.18. The van der Waals surface area contributed by atoms with E-state index < -0.39 is 52.1 Å². The summed E-state index contributed by atoms with van der Waals surface area (Å²) in [7, 11) is 0. The Morgan fingerprint density at radius 1 is 1.00 bits per heavy atom. The minimum Gasteiger partial charge on any atom is -0.506 e. The molecule has 3 heterocycles. The number of aliphatic carboxylic acids is 1. The topological polar surface area (TPSA) is 140 Å². The number of aliphatic hydroxyl groups excluding tert-OH is 1. The predicted molar refractivity (Wildman–Crippen MR) is 175 cm³/mol. The van der Waals surface area contributed by atoms with Gasteiger partial charge in [-0.15, -0.1) is 0 Å². The Bertz CT molecular complexity index is 1720. The average molecular weight is 647 g/mol. The fourth-order valence-electron chi connectivity index (χ4n) is 8.64. The van der Waals surface area contributed by atoms with Gasteiger partial charge in [-0.05, 0) is 81.1 Å². The van der Waals surface area contributed by atoms with Crippen LogP contribution in [0.25, 0.3) is 0 Å². The van der Waals surface area contributed by atoms with E-state index in [1.165, 1.54) is 18.6 Å². The zero-order valence-electron chi connectivity index (χ0n) is 28.6. The van der Waals surface area contributed by atoms with Crippen LogP contribution in [0.2, 0.25) is 0 Å². The van der Waals surface area contributed by atoms with Crippen LogP contribution in [0.1, 0.15) is 115 Å². The summed E-state index contributed by atoms with van der Waals surface area (Å²) in [5.41, 5.74) is -1.83. The summed E-state index contributed by atoms with van der Waals surface area (Å²) in [5, 5.41) is 33.0. The quantitative estimate of drug-likeness (QED) is 0.209. The lowest BCUT2D eigenvalue weighted by molar-refractivity contribution is -0.171. The molecule has 0 aromatic heterocycles. The minimum atomic E-state index is -1.67. The van der Waals surface area contributed by atoms with E-state index in [2.05, 4.69) is 6.08 Å². The molecular weight excluding hydrogens is 600 g/mol. The molecule has 6 atom stereocenters. The van der Waals surface area contributed by atoms with Gasteiger partial charge in [0.1, 0.15) is 28.4 Å². The smallest absolute Gasteiger partial charge is 0.330 e. The van der Waals surface area contributed by atoms with Crippen molar-refractivity contribution in [2.24, 2.45) is 11.8 Å². The Labute approximate surface area is 276 Å². The molecule has 252 valence electrons. The van der Waals surface area contributed by atoms with Gasteiger partial charge in [0.15, 0.2) is 22.8 Å². The largest absolute Gasteiger partial charge is 0.506 e. The molecule has 1 aromatic rings. The monoisotopic (exact) mass is 646 g/mol. The molecule has 1 spiro atoms. The number of carbonyl (C=O) groups is 3. The number of Topliss-reactive ketones (excluding diaryl/α,β-unsaturated/α-hetero) is 2. The van der Waals surface area contributed by atoms with Crippen LogP contribution in [-0.2, 0) is 20.7 Å². The zero-order chi connectivity index (χ0) is 34.4. The molecule has 6 unspecified atom stereocenters. The van der Waals surface area contributed by atoms with Crippen molar-refractivity contribution in [2.45, 2.75) is 122 Å². The second-order valence-corrected chi connectivity index (χ2v) is 15.3. The molecule has 2 fully saturated rings. The van der Waals surface area contributed by atoms with Crippen molar-refractivity contribution >= 4 is 17.5 Å². The molecule has 1 saturated carbocycles. The molecule has 1 aromatic carbocycles. The maximum atomic E-state index is 14.8. The first-order chi connectivity index (χ1) is 21.9. The van der Waals surface area contributed by atoms with Gasteiger partial charge in [-0.25, -0.2) is 4.79 Å². The standard InChI is InChI=1S/C38H46O9/c1-19(2)10-9-14-36(8)18-25(39)27-30(41)28-29(40)24-16-22-17-26-35(6,7)47-37(33(22)42,15-13-21(5)34(43)44)38(24,26)46-32(28)23(31(27)45-36)12-11-20(3)4/h10-11,13,16,22,25-26,39,41H,9,12,14-15,17-18H2,1-8H3,(H,43,44). The molecular formula is C38H46O9. The van der Waals surface area contributed by atoms with Crippen molar-refractivity contribution in [3.8, 4) is 17.2 Å². The number of ether oxygens (including phenoxy) is 3. The van der Waals surface area contributed by atoms with E-state index in [0.717, 1.165) is 12.0 Å². The summed E-state index contributed by atoms with van der Waals surface area (Å²) in [6, 6.07) is 0. The Morgan fingerprint density at radius 2 is 1.68 bits per heavy atom. The van der Waals surface area contributed by atoms with Gasteiger partial charge in [0.25, 0.3) is 0 Å². The third-order valence-electron chi connectivity index (χ3n) is 10.9. The molecule has 6 aliphatic rings. The van der Waals surface area contributed by atoms with E-state index in [1.807, 2.05) is 54.5 Å². The van der Waals surface area contributed by atoms with E-state index in [4.69, 9.17) is 14.2 Å². The molecule has 1 saturated heterocycles. The van der Waals surface area contributed by atoms with Crippen LogP contribution in [0.3, 0.4) is 0 Å². The number of rotatable bonds is 8. The number of allylic oxidation sites excluding steroid dienone is 5. The normalized spacial score (nSPS) is 32.7. The molecule has 9 nitrogen and oxygen atoms in total. The van der Waals surface area contributed by atoms with Crippen LogP contribution < -0.4 is 9.47 Å². The molecule has 0 radical (unpaired) electrons. The van der Waals surface area contributed by atoms with Gasteiger partial charge < -0.3 is 29.5 Å². The van der Waals surface area contributed by atoms with Crippen molar-refractivity contribution in [2.75, 3.05) is 0 Å². The molecule has 3 aliphatic heterocycles. The van der Waals surface area contributed by atoms with Crippen LogP contribution in [0.15, 0.2) is 46.6 Å². The molecule has 3 N–H and O–H groups in total. The summed E-state index contributed by atoms with van der Waals surface area (Å²) < 4.78 is 20.6. The number of aromatic hydroxyl groups is 1. The van der Waals surface area contributed by atoms with Gasteiger partial charge >= 0.3 is 5.97 Å². The van der Waals surface area contributed by atoms with Gasteiger partial charge in [-0.2, -0.15) is 0 Å². The highest BCUT2D eigenvalue weighted by Gasteiger charge is 2.81. The van der Waals surface area contributed by atoms with Crippen LogP contribution in [-0.4, -0.2) is 55.3 Å². The van der Waals surface area contributed by atoms with Crippen LogP contribution in [0, 0.1) is 11.8 Å². The van der Waals surface area contributed by atoms with Crippen molar-refractivity contribution in [1.29, 1.82) is 0 Å². The average Bonchev–Trinajstić information content (AvgIpc) is 3.11. The highest BCUT2D eigenvalue weighted by atomic mass is 16.6. The second-order valence-electron chi connectivity index (χ2n) is 15.3. The van der Waals surface area contributed by atoms with Crippen LogP contribution >= 0.6 is 0 Å². The van der Waals surface area contributed by atoms with Gasteiger partial charge in [0, 0.05) is 41.4 Å². The summed E-state index contributed by atoms with van der Waals surface area (Å²) in [4.78, 5) is 40.9. The van der Waals surface area contributed by atoms with Crippen molar-refractivity contribution in [1.82, 2.24) is 0 Å². The number of hydrogen-bond donors (Lipinski definition) is 3. The number of benzene rings is 1. The third kappa shape index (κ3) is 4.75. The first kappa shape index (κ1) is 33.2. The minimum absolute atomic E-state index is 0.0497. The molecule has 4 bridgehead atoms. The van der Waals surface area contributed by atoms with E-state index >= 15 is 0 Å². The number of fused-ring (bicyclic) bond motifs is 2. The number of carboxylic acids is 1. The number of aliphatic hydroxyl groups is 1. The van der Waals surface area contributed by atoms with E-state index in [-0.39, 0.29) is 64.6 Å². The molecule has 0 amide bonds. The predicted octanol–water partition coefficient (Wildman–Crippen LogP) is 6.65. The number of carboxylic acid groups (broad SMARTS) is 1. The van der Waals surface area contributed by atoms with Gasteiger partial charge in [0.2, 0.25) is 0 Å². The lowest BCUT2D eigenvalue weighted by atomic mass is 9.51. The highest BCUT2D eigenvalue weighted by Crippen LogP contribution is 2.69. The maximum Gasteiger partial charge on any atom is 0.330 e. The molecule has 7 rings (SSSR count). The maximum absolute atomic E-state index is 14.8. The summed E-state index contributed by atoms with van der Waals surface area (Å²) >= 11 is 0. The number of ketones is 2. The second kappa shape index (κ2) is 10.9. The number of carbonyl (C=O) groups excluding carboxylic acids is 2. The Morgan fingerprint density at radius 3 is 2.32 bits per heavy atom. The number of phenolic OH excluding ortho intramolecular Hbond substituents is 1. The summed E-state index contributed by atoms with van der Waals surface area (Å²) in [5.74, 6) is -2.90. The van der Waals surface area contributed by atoms with Crippen LogP contribution in [0.5, 0.6) is 17.2 Å². The molecule has 3 aliphatic carbocycles. The first-order valence-electron chi connectivity index (χ1n) is 16.5. The molecule has 9 heteroatoms. The fourth-order valence-corrected chi connectivity index (χ4v) is 8.64. The fraction of sp³-hybridized carbons (Fsp3) is 0.553. The lowest BCUT2D eigenvalue weighted by Crippen LogP contribution is -2.72. The van der Waals surface area contributed by atoms with E-state index in [0.29, 0.717) is 18.4 Å². The van der Waals surface area contributed by atoms with Crippen molar-refractivity contribution in [3.63, 3.8) is 0 Å². The first-order valence-corrected chi connectivity index (χ1v) is 16.5. The SMILES string of the molecule is CC(C)=CCCC1(C)CC(O)c2c(O)c3c(c(CC=C(C)C)c2O1)OC12C(=CC4CC1C(C)(C)OC2(CC=C(C)C(=O)O)C4=O)C3=O. The summed E-state index contributed by atoms with van der Waals surface area (Å²) in [6.45, 7) is 15.1. The van der Waals surface area contributed by atoms with Gasteiger partial charge in [-0.1, -0.05) is 35.5 Å². The number of phenols is 1. The van der Waals surface area contributed by atoms with E-state index in [1.54, 1.807) is 6.08 Å².